The van der Waals surface area contributed by atoms with Gasteiger partial charge in [0.25, 0.3) is 0 Å². The molecule has 2 aromatic heterocycles. The van der Waals surface area contributed by atoms with Gasteiger partial charge in [0.2, 0.25) is 0 Å². The van der Waals surface area contributed by atoms with Gasteiger partial charge in [-0.2, -0.15) is 46.8 Å². The van der Waals surface area contributed by atoms with Gasteiger partial charge in [-0.3, -0.25) is 0 Å². The van der Waals surface area contributed by atoms with Crippen molar-refractivity contribution >= 4 is 57.3 Å². The van der Waals surface area contributed by atoms with Gasteiger partial charge in [0.05, 0.1) is 26.1 Å². The largest absolute Gasteiger partial charge is 2.00 e. The molecule has 0 N–H and O–H groups in total. The van der Waals surface area contributed by atoms with E-state index >= 15 is 0 Å². The first-order valence-corrected chi connectivity index (χ1v) is 18.6. The molecule has 0 radical (unpaired) electrons. The summed E-state index contributed by atoms with van der Waals surface area (Å²) in [7, 11) is -2.18. The molecule has 45 heavy (non-hydrogen) atoms. The number of nitrogens with zero attached hydrogens (tertiary/aromatic N) is 4. The predicted molar refractivity (Wildman–Crippen MR) is 189 cm³/mol. The Labute approximate surface area is 283 Å². The molecule has 230 valence electrons. The van der Waals surface area contributed by atoms with E-state index in [1.54, 1.807) is 0 Å². The molecule has 0 spiro atoms. The molecule has 0 aliphatic carbocycles. The Morgan fingerprint density at radius 1 is 0.778 bits per heavy atom. The fraction of sp³-hybridized carbons (Fsp3) is 0.256. The zero-order chi connectivity index (χ0) is 30.8. The fourth-order valence-electron chi connectivity index (χ4n) is 6.51. The molecule has 4 aromatic carbocycles. The monoisotopic (exact) mass is 787 g/mol. The van der Waals surface area contributed by atoms with Crippen LogP contribution in [0.4, 0.5) is 17.1 Å². The molecule has 3 heterocycles. The van der Waals surface area contributed by atoms with Crippen molar-refractivity contribution in [3.8, 4) is 5.82 Å². The number of fused-ring (bicyclic) bond motifs is 4. The molecule has 1 aliphatic heterocycles. The van der Waals surface area contributed by atoms with Crippen molar-refractivity contribution in [2.75, 3.05) is 16.5 Å². The molecule has 0 saturated carbocycles. The third-order valence-corrected chi connectivity index (χ3v) is 12.5. The van der Waals surface area contributed by atoms with Crippen LogP contribution in [0.25, 0.3) is 27.6 Å². The Balaban J connectivity index is 0.00000357. The average molecular weight is 788 g/mol. The Kier molecular flexibility index (Phi) is 8.08. The summed E-state index contributed by atoms with van der Waals surface area (Å²) in [5.41, 5.74) is 7.20. The SMILES string of the molecule is CC(C)N1CN(c2[c-]c([Si](C)(C)c3[c-]c4c(cc3)c3ccccc3n4-c3cc(C(C)(C)C)ccn3)ccc2)c2ccccc21.[Pt+2]. The summed E-state index contributed by atoms with van der Waals surface area (Å²) >= 11 is 0. The summed E-state index contributed by atoms with van der Waals surface area (Å²) in [5, 5.41) is 4.97. The number of para-hydroxylation sites is 3. The van der Waals surface area contributed by atoms with Gasteiger partial charge in [-0.15, -0.1) is 11.5 Å². The van der Waals surface area contributed by atoms with Crippen molar-refractivity contribution in [2.45, 2.75) is 59.2 Å². The quantitative estimate of drug-likeness (QED) is 0.130. The number of hydrogen-bond acceptors (Lipinski definition) is 3. The topological polar surface area (TPSA) is 24.3 Å². The van der Waals surface area contributed by atoms with E-state index in [2.05, 4.69) is 165 Å². The molecule has 0 unspecified atom stereocenters. The van der Waals surface area contributed by atoms with Gasteiger partial charge in [-0.25, -0.2) is 4.98 Å². The molecule has 0 fully saturated rings. The third kappa shape index (κ3) is 5.34. The van der Waals surface area contributed by atoms with Crippen molar-refractivity contribution in [3.05, 3.63) is 115 Å². The number of hydrogen-bond donors (Lipinski definition) is 0. The van der Waals surface area contributed by atoms with Crippen LogP contribution in [0.15, 0.2) is 97.2 Å². The minimum atomic E-state index is -2.18. The first-order chi connectivity index (χ1) is 21.0. The number of rotatable bonds is 5. The molecule has 0 amide bonds. The molecular weight excluding hydrogens is 748 g/mol. The van der Waals surface area contributed by atoms with Crippen molar-refractivity contribution in [1.29, 1.82) is 0 Å². The van der Waals surface area contributed by atoms with Gasteiger partial charge in [0.1, 0.15) is 5.82 Å². The normalized spacial score (nSPS) is 13.5. The fourth-order valence-corrected chi connectivity index (χ4v) is 8.69. The van der Waals surface area contributed by atoms with Crippen LogP contribution < -0.4 is 20.2 Å². The van der Waals surface area contributed by atoms with Gasteiger partial charge in [0.15, 0.2) is 0 Å². The molecule has 1 aliphatic rings. The van der Waals surface area contributed by atoms with Crippen LogP contribution in [0.5, 0.6) is 0 Å². The van der Waals surface area contributed by atoms with Crippen LogP contribution in [-0.4, -0.2) is 30.3 Å². The van der Waals surface area contributed by atoms with Crippen molar-refractivity contribution in [1.82, 2.24) is 9.55 Å². The molecule has 7 rings (SSSR count). The van der Waals surface area contributed by atoms with Gasteiger partial charge in [0, 0.05) is 17.8 Å². The predicted octanol–water partition coefficient (Wildman–Crippen LogP) is 8.22. The first-order valence-electron chi connectivity index (χ1n) is 15.6. The van der Waals surface area contributed by atoms with Crippen molar-refractivity contribution < 1.29 is 21.1 Å². The van der Waals surface area contributed by atoms with Gasteiger partial charge >= 0.3 is 21.1 Å². The van der Waals surface area contributed by atoms with E-state index in [1.807, 2.05) is 6.20 Å². The van der Waals surface area contributed by atoms with Gasteiger partial charge in [-0.1, -0.05) is 75.4 Å². The molecule has 0 saturated heterocycles. The summed E-state index contributed by atoms with van der Waals surface area (Å²) in [6, 6.07) is 41.3. The van der Waals surface area contributed by atoms with E-state index in [0.29, 0.717) is 6.04 Å². The van der Waals surface area contributed by atoms with E-state index in [4.69, 9.17) is 4.98 Å². The molecular formula is C39H40N4PtSi. The van der Waals surface area contributed by atoms with Crippen LogP contribution in [0.2, 0.25) is 13.1 Å². The number of aromatic nitrogens is 2. The van der Waals surface area contributed by atoms with E-state index in [-0.39, 0.29) is 26.5 Å². The smallest absolute Gasteiger partial charge is 0.349 e. The standard InChI is InChI=1S/C39H40N4Si.Pt/c1-27(2)41-26-42(36-18-11-10-17-35(36)41)29-13-12-14-30(24-29)44(6,7)31-19-20-33-32-15-8-9-16-34(32)43(37(33)25-31)38-23-28(21-22-40-38)39(3,4)5;/h8-23,27H,26H2,1-7H3;/q-2;+2. The summed E-state index contributed by atoms with van der Waals surface area (Å²) < 4.78 is 2.30. The maximum Gasteiger partial charge on any atom is 2.00 e. The maximum absolute atomic E-state index is 4.88. The number of pyridine rings is 1. The zero-order valence-electron chi connectivity index (χ0n) is 27.1. The van der Waals surface area contributed by atoms with Crippen molar-refractivity contribution in [2.24, 2.45) is 0 Å². The van der Waals surface area contributed by atoms with Crippen LogP contribution in [0.1, 0.15) is 40.2 Å². The second-order valence-electron chi connectivity index (χ2n) is 13.8. The Bertz CT molecular complexity index is 2020. The summed E-state index contributed by atoms with van der Waals surface area (Å²) in [6.45, 7) is 16.9. The Morgan fingerprint density at radius 3 is 2.24 bits per heavy atom. The Hall–Kier alpha value is -3.66. The van der Waals surface area contributed by atoms with Crippen LogP contribution in [0.3, 0.4) is 0 Å². The number of benzene rings is 4. The maximum atomic E-state index is 4.88. The van der Waals surface area contributed by atoms with E-state index < -0.39 is 8.07 Å². The van der Waals surface area contributed by atoms with E-state index in [9.17, 15) is 0 Å². The summed E-state index contributed by atoms with van der Waals surface area (Å²) in [6.07, 6.45) is 1.94. The third-order valence-electron chi connectivity index (χ3n) is 9.24. The van der Waals surface area contributed by atoms with Gasteiger partial charge < -0.3 is 14.4 Å². The molecule has 0 atom stereocenters. The number of anilines is 3. The van der Waals surface area contributed by atoms with E-state index in [0.717, 1.165) is 29.2 Å². The molecule has 0 bridgehead atoms. The average Bonchev–Trinajstić information content (AvgIpc) is 3.57. The zero-order valence-corrected chi connectivity index (χ0v) is 30.4. The van der Waals surface area contributed by atoms with E-state index in [1.165, 1.54) is 38.1 Å². The van der Waals surface area contributed by atoms with Crippen LogP contribution >= 0.6 is 0 Å². The first kappa shape index (κ1) is 31.3. The van der Waals surface area contributed by atoms with Crippen LogP contribution in [-0.2, 0) is 26.5 Å². The summed E-state index contributed by atoms with van der Waals surface area (Å²) in [5.74, 6) is 0.937. The van der Waals surface area contributed by atoms with Gasteiger partial charge in [-0.05, 0) is 60.5 Å². The minimum Gasteiger partial charge on any atom is -0.349 e. The molecule has 6 aromatic rings. The minimum absolute atomic E-state index is 0. The molecule has 6 heteroatoms. The second kappa shape index (κ2) is 11.6. The second-order valence-corrected chi connectivity index (χ2v) is 18.2. The van der Waals surface area contributed by atoms with Crippen LogP contribution in [0, 0.1) is 12.1 Å². The van der Waals surface area contributed by atoms with Crippen molar-refractivity contribution in [3.63, 3.8) is 0 Å². The summed E-state index contributed by atoms with van der Waals surface area (Å²) in [4.78, 5) is 9.74. The molecule has 4 nitrogen and oxygen atoms in total. The Morgan fingerprint density at radius 2 is 1.49 bits per heavy atom.